The van der Waals surface area contributed by atoms with Crippen molar-refractivity contribution in [2.75, 3.05) is 6.61 Å². The molecule has 178 valence electrons. The molecule has 8 atom stereocenters. The summed E-state index contributed by atoms with van der Waals surface area (Å²) >= 11 is 0. The van der Waals surface area contributed by atoms with Gasteiger partial charge in [-0.2, -0.15) is 0 Å². The van der Waals surface area contributed by atoms with E-state index in [1.807, 2.05) is 6.92 Å². The van der Waals surface area contributed by atoms with Crippen molar-refractivity contribution in [3.8, 4) is 0 Å². The van der Waals surface area contributed by atoms with Gasteiger partial charge in [-0.25, -0.2) is 0 Å². The first-order chi connectivity index (χ1) is 14.9. The summed E-state index contributed by atoms with van der Waals surface area (Å²) in [6.45, 7) is 6.34. The molecule has 0 spiro atoms. The van der Waals surface area contributed by atoms with E-state index in [0.29, 0.717) is 18.8 Å². The van der Waals surface area contributed by atoms with E-state index < -0.39 is 29.4 Å². The minimum Gasteiger partial charge on any atom is -0.463 e. The Morgan fingerprint density at radius 1 is 1.03 bits per heavy atom. The zero-order valence-corrected chi connectivity index (χ0v) is 19.6. The van der Waals surface area contributed by atoms with Crippen LogP contribution in [0.4, 0.5) is 0 Å². The Balaban J connectivity index is 1.57. The van der Waals surface area contributed by atoms with E-state index in [0.717, 1.165) is 32.1 Å². The van der Waals surface area contributed by atoms with E-state index in [1.165, 1.54) is 13.8 Å². The van der Waals surface area contributed by atoms with Gasteiger partial charge in [0.05, 0.1) is 0 Å². The number of carbonyl (C=O) groups excluding carboxylic acids is 4. The third-order valence-corrected chi connectivity index (χ3v) is 9.66. The first kappa shape index (κ1) is 23.4. The van der Waals surface area contributed by atoms with Gasteiger partial charge in [0.15, 0.2) is 6.61 Å². The third-order valence-electron chi connectivity index (χ3n) is 9.66. The van der Waals surface area contributed by atoms with Crippen molar-refractivity contribution in [2.24, 2.45) is 34.5 Å². The number of esters is 2. The molecular formula is C25H36O7. The first-order valence-corrected chi connectivity index (χ1v) is 12.0. The molecule has 0 aromatic rings. The number of hydrogen-bond acceptors (Lipinski definition) is 7. The lowest BCUT2D eigenvalue weighted by Crippen LogP contribution is -2.62. The number of ether oxygens (including phenoxy) is 2. The Kier molecular flexibility index (Phi) is 5.80. The average Bonchev–Trinajstić information content (AvgIpc) is 2.97. The molecule has 0 saturated heterocycles. The van der Waals surface area contributed by atoms with Crippen LogP contribution in [0, 0.1) is 34.5 Å². The Hall–Kier alpha value is -1.76. The van der Waals surface area contributed by atoms with Crippen LogP contribution in [0.3, 0.4) is 0 Å². The van der Waals surface area contributed by atoms with Gasteiger partial charge in [0.2, 0.25) is 5.78 Å². The molecule has 4 fully saturated rings. The minimum atomic E-state index is -1.64. The molecule has 0 aromatic heterocycles. The highest BCUT2D eigenvalue weighted by atomic mass is 16.5. The number of carbonyl (C=O) groups is 4. The Labute approximate surface area is 189 Å². The van der Waals surface area contributed by atoms with Crippen molar-refractivity contribution in [1.29, 1.82) is 0 Å². The molecule has 0 heterocycles. The van der Waals surface area contributed by atoms with Gasteiger partial charge in [-0.05, 0) is 68.1 Å². The number of ketones is 2. The summed E-state index contributed by atoms with van der Waals surface area (Å²) in [6.07, 6.45) is 5.39. The van der Waals surface area contributed by atoms with Gasteiger partial charge in [0.1, 0.15) is 17.5 Å². The molecule has 7 heteroatoms. The lowest BCUT2D eigenvalue weighted by molar-refractivity contribution is -0.183. The SMILES string of the molecule is CC(=O)OCC(=O)C1(O)CCC2C3CCC4C[C@H](OC(C)=O)CCC4(C)C3C(=O)CC21C. The summed E-state index contributed by atoms with van der Waals surface area (Å²) in [5, 5.41) is 11.5. The van der Waals surface area contributed by atoms with Crippen LogP contribution in [0.15, 0.2) is 0 Å². The van der Waals surface area contributed by atoms with Gasteiger partial charge < -0.3 is 14.6 Å². The summed E-state index contributed by atoms with van der Waals surface area (Å²) in [4.78, 5) is 49.2. The molecule has 7 nitrogen and oxygen atoms in total. The molecule has 0 aliphatic heterocycles. The number of rotatable bonds is 4. The number of fused-ring (bicyclic) bond motifs is 5. The van der Waals surface area contributed by atoms with Gasteiger partial charge in [-0.3, -0.25) is 19.2 Å². The highest BCUT2D eigenvalue weighted by molar-refractivity contribution is 5.93. The van der Waals surface area contributed by atoms with E-state index in [9.17, 15) is 24.3 Å². The average molecular weight is 449 g/mol. The van der Waals surface area contributed by atoms with Crippen LogP contribution in [-0.2, 0) is 28.7 Å². The van der Waals surface area contributed by atoms with Crippen LogP contribution in [0.25, 0.3) is 0 Å². The minimum absolute atomic E-state index is 0.0680. The van der Waals surface area contributed by atoms with Gasteiger partial charge in [-0.1, -0.05) is 13.8 Å². The van der Waals surface area contributed by atoms with Crippen LogP contribution in [0.5, 0.6) is 0 Å². The van der Waals surface area contributed by atoms with Crippen molar-refractivity contribution < 1.29 is 33.8 Å². The summed E-state index contributed by atoms with van der Waals surface area (Å²) in [6, 6.07) is 0. The Morgan fingerprint density at radius 3 is 2.41 bits per heavy atom. The van der Waals surface area contributed by atoms with Crippen molar-refractivity contribution in [1.82, 2.24) is 0 Å². The predicted molar refractivity (Wildman–Crippen MR) is 114 cm³/mol. The summed E-state index contributed by atoms with van der Waals surface area (Å²) in [7, 11) is 0. The monoisotopic (exact) mass is 448 g/mol. The second-order valence-electron chi connectivity index (χ2n) is 11.2. The fourth-order valence-electron chi connectivity index (χ4n) is 8.12. The van der Waals surface area contributed by atoms with Gasteiger partial charge in [0, 0.05) is 31.6 Å². The highest BCUT2D eigenvalue weighted by Gasteiger charge is 2.69. The zero-order chi connectivity index (χ0) is 23.5. The molecule has 7 unspecified atom stereocenters. The second-order valence-corrected chi connectivity index (χ2v) is 11.2. The largest absolute Gasteiger partial charge is 0.463 e. The number of aliphatic hydroxyl groups is 1. The molecule has 4 saturated carbocycles. The maximum Gasteiger partial charge on any atom is 0.303 e. The molecule has 4 aliphatic rings. The van der Waals surface area contributed by atoms with E-state index in [4.69, 9.17) is 9.47 Å². The fraction of sp³-hybridized carbons (Fsp3) is 0.840. The summed E-state index contributed by atoms with van der Waals surface area (Å²) in [5.74, 6) is -0.677. The molecule has 0 bridgehead atoms. The van der Waals surface area contributed by atoms with Crippen LogP contribution >= 0.6 is 0 Å². The smallest absolute Gasteiger partial charge is 0.303 e. The van der Waals surface area contributed by atoms with Gasteiger partial charge in [-0.15, -0.1) is 0 Å². The van der Waals surface area contributed by atoms with Crippen LogP contribution in [0.2, 0.25) is 0 Å². The van der Waals surface area contributed by atoms with Gasteiger partial charge >= 0.3 is 11.9 Å². The summed E-state index contributed by atoms with van der Waals surface area (Å²) in [5.41, 5.74) is -2.61. The molecule has 4 aliphatic carbocycles. The van der Waals surface area contributed by atoms with E-state index in [2.05, 4.69) is 6.92 Å². The summed E-state index contributed by atoms with van der Waals surface area (Å²) < 4.78 is 10.4. The van der Waals surface area contributed by atoms with E-state index >= 15 is 0 Å². The number of hydrogen-bond donors (Lipinski definition) is 1. The topological polar surface area (TPSA) is 107 Å². The fourth-order valence-corrected chi connectivity index (χ4v) is 8.12. The third kappa shape index (κ3) is 3.42. The number of Topliss-reactive ketones (excluding diaryl/α,β-unsaturated/α-hetero) is 2. The van der Waals surface area contributed by atoms with Crippen molar-refractivity contribution in [3.05, 3.63) is 0 Å². The molecule has 0 amide bonds. The molecule has 1 N–H and O–H groups in total. The Bertz CT molecular complexity index is 836. The first-order valence-electron chi connectivity index (χ1n) is 12.0. The van der Waals surface area contributed by atoms with Crippen molar-refractivity contribution in [2.45, 2.75) is 90.8 Å². The van der Waals surface area contributed by atoms with Crippen LogP contribution < -0.4 is 0 Å². The van der Waals surface area contributed by atoms with Crippen molar-refractivity contribution in [3.63, 3.8) is 0 Å². The van der Waals surface area contributed by atoms with Gasteiger partial charge in [0.25, 0.3) is 0 Å². The molecule has 32 heavy (non-hydrogen) atoms. The van der Waals surface area contributed by atoms with E-state index in [-0.39, 0.29) is 47.4 Å². The molecule has 0 radical (unpaired) electrons. The maximum absolute atomic E-state index is 13.7. The van der Waals surface area contributed by atoms with Crippen LogP contribution in [-0.4, -0.2) is 46.9 Å². The molecule has 4 rings (SSSR count). The lowest BCUT2D eigenvalue weighted by atomic mass is 9.44. The molecule has 0 aromatic carbocycles. The predicted octanol–water partition coefficient (Wildman–Crippen LogP) is 3.00. The zero-order valence-electron chi connectivity index (χ0n) is 19.6. The lowest BCUT2D eigenvalue weighted by Gasteiger charge is -2.60. The molecular weight excluding hydrogens is 412 g/mol. The van der Waals surface area contributed by atoms with Crippen molar-refractivity contribution >= 4 is 23.5 Å². The Morgan fingerprint density at radius 2 is 1.75 bits per heavy atom. The normalized spacial score (nSPS) is 45.3. The second kappa shape index (κ2) is 7.93. The highest BCUT2D eigenvalue weighted by Crippen LogP contribution is 2.67. The quantitative estimate of drug-likeness (QED) is 0.659. The maximum atomic E-state index is 13.7. The standard InChI is InChI=1S/C25H36O7/c1-14(26)31-13-21(29)25(30)10-8-19-18-6-5-16-11-17(32-15(2)27)7-9-23(16,3)22(18)20(28)12-24(19,25)4/h16-19,22,30H,5-13H2,1-4H3/t16?,17-,18?,19?,22?,23?,24?,25?/m1/s1. The van der Waals surface area contributed by atoms with E-state index in [1.54, 1.807) is 0 Å². The van der Waals surface area contributed by atoms with Crippen LogP contribution in [0.1, 0.15) is 79.1 Å².